The van der Waals surface area contributed by atoms with Crippen LogP contribution in [0, 0.1) is 28.4 Å². The minimum absolute atomic E-state index is 0.00318. The minimum Gasteiger partial charge on any atom is -0.451 e. The number of carbonyl (C=O) groups is 3. The van der Waals surface area contributed by atoms with Crippen molar-refractivity contribution in [2.24, 2.45) is 5.41 Å². The van der Waals surface area contributed by atoms with Crippen molar-refractivity contribution >= 4 is 61.8 Å². The van der Waals surface area contributed by atoms with Crippen LogP contribution < -0.4 is 25.7 Å². The van der Waals surface area contributed by atoms with E-state index in [9.17, 15) is 32.9 Å². The molecule has 3 N–H and O–H groups in total. The molecule has 1 saturated carbocycles. The van der Waals surface area contributed by atoms with Crippen LogP contribution in [-0.4, -0.2) is 102 Å². The number of nitriles is 1. The molecule has 3 aliphatic heterocycles. The number of amides is 3. The van der Waals surface area contributed by atoms with Gasteiger partial charge in [0.1, 0.15) is 29.2 Å². The van der Waals surface area contributed by atoms with E-state index < -0.39 is 44.8 Å². The van der Waals surface area contributed by atoms with E-state index >= 15 is 8.78 Å². The lowest BCUT2D eigenvalue weighted by atomic mass is 9.77. The summed E-state index contributed by atoms with van der Waals surface area (Å²) in [6, 6.07) is 10.9. The Hall–Kier alpha value is -5.68. The smallest absolute Gasteiger partial charge is 0.301 e. The monoisotopic (exact) mass is 933 g/mol. The molecule has 2 unspecified atom stereocenters. The Bertz CT molecular complexity index is 2750. The molecule has 4 aromatic rings. The van der Waals surface area contributed by atoms with Crippen LogP contribution in [-0.2, 0) is 24.6 Å². The lowest BCUT2D eigenvalue weighted by Gasteiger charge is -2.40. The number of aromatic nitrogens is 2. The zero-order chi connectivity index (χ0) is 46.2. The molecule has 1 aromatic heterocycles. The SMILES string of the molecule is CCN(C)S(=O)(=O)Nc1ccc(F)c(Oc2ccc3ncn(C4CCC5(CCN(C(=O)CN6CCC(c7ccc(NC8CCC(=O)NC8=O)cc7F)CC6)CC5)C4)c(=O)c3c2Cl)c1C#N. The van der Waals surface area contributed by atoms with E-state index in [1.807, 2.05) is 11.0 Å². The van der Waals surface area contributed by atoms with Crippen LogP contribution in [0.3, 0.4) is 0 Å². The van der Waals surface area contributed by atoms with E-state index in [0.29, 0.717) is 68.6 Å². The second-order valence-electron chi connectivity index (χ2n) is 17.5. The van der Waals surface area contributed by atoms with Crippen molar-refractivity contribution in [1.82, 2.24) is 29.0 Å². The number of carbonyl (C=O) groups excluding carboxylic acids is 3. The number of anilines is 2. The van der Waals surface area contributed by atoms with Crippen molar-refractivity contribution in [2.75, 3.05) is 56.4 Å². The van der Waals surface area contributed by atoms with Crippen LogP contribution in [0.2, 0.25) is 5.02 Å². The number of piperidine rings is 3. The van der Waals surface area contributed by atoms with Gasteiger partial charge in [-0.25, -0.2) is 13.8 Å². The average Bonchev–Trinajstić information content (AvgIpc) is 3.69. The van der Waals surface area contributed by atoms with Gasteiger partial charge in [0.15, 0.2) is 11.6 Å². The van der Waals surface area contributed by atoms with Gasteiger partial charge in [0.25, 0.3) is 5.56 Å². The molecular formula is C45H50ClF2N9O7S. The van der Waals surface area contributed by atoms with Crippen molar-refractivity contribution in [3.63, 3.8) is 0 Å². The predicted molar refractivity (Wildman–Crippen MR) is 239 cm³/mol. The van der Waals surface area contributed by atoms with E-state index in [2.05, 4.69) is 25.2 Å². The first-order chi connectivity index (χ1) is 31.1. The van der Waals surface area contributed by atoms with Gasteiger partial charge in [0.2, 0.25) is 17.7 Å². The second kappa shape index (κ2) is 18.7. The highest BCUT2D eigenvalue weighted by molar-refractivity contribution is 7.90. The molecule has 65 heavy (non-hydrogen) atoms. The van der Waals surface area contributed by atoms with Gasteiger partial charge in [-0.1, -0.05) is 24.6 Å². The fraction of sp³-hybridized carbons (Fsp3) is 0.467. The third kappa shape index (κ3) is 9.53. The van der Waals surface area contributed by atoms with Gasteiger partial charge in [0, 0.05) is 44.8 Å². The lowest BCUT2D eigenvalue weighted by Crippen LogP contribution is -2.47. The number of likely N-dealkylation sites (tertiary alicyclic amines) is 2. The summed E-state index contributed by atoms with van der Waals surface area (Å²) >= 11 is 6.79. The number of nitrogens with one attached hydrogen (secondary N) is 3. The summed E-state index contributed by atoms with van der Waals surface area (Å²) in [7, 11) is -2.71. The van der Waals surface area contributed by atoms with E-state index in [1.165, 1.54) is 31.6 Å². The van der Waals surface area contributed by atoms with Gasteiger partial charge in [0.05, 0.1) is 34.5 Å². The summed E-state index contributed by atoms with van der Waals surface area (Å²) in [6.45, 7) is 4.57. The van der Waals surface area contributed by atoms with Crippen LogP contribution >= 0.6 is 11.6 Å². The Morgan fingerprint density at radius 2 is 1.78 bits per heavy atom. The lowest BCUT2D eigenvalue weighted by molar-refractivity contribution is -0.135. The Labute approximate surface area is 380 Å². The first kappa shape index (κ1) is 45.9. The maximum Gasteiger partial charge on any atom is 0.301 e. The maximum absolute atomic E-state index is 15.3. The van der Waals surface area contributed by atoms with Gasteiger partial charge in [-0.05, 0) is 118 Å². The summed E-state index contributed by atoms with van der Waals surface area (Å²) < 4.78 is 66.6. The van der Waals surface area contributed by atoms with Crippen LogP contribution in [0.5, 0.6) is 11.5 Å². The molecule has 4 fully saturated rings. The number of imide groups is 1. The summed E-state index contributed by atoms with van der Waals surface area (Å²) in [5.41, 5.74) is 0.299. The summed E-state index contributed by atoms with van der Waals surface area (Å²) in [4.78, 5) is 59.8. The number of ether oxygens (including phenoxy) is 1. The van der Waals surface area contributed by atoms with Gasteiger partial charge >= 0.3 is 10.2 Å². The van der Waals surface area contributed by atoms with E-state index in [1.54, 1.807) is 23.6 Å². The quantitative estimate of drug-likeness (QED) is 0.140. The normalized spacial score (nSPS) is 20.5. The summed E-state index contributed by atoms with van der Waals surface area (Å²) in [5.74, 6) is -2.65. The average molecular weight is 934 g/mol. The number of hydrogen-bond donors (Lipinski definition) is 3. The van der Waals surface area contributed by atoms with E-state index in [4.69, 9.17) is 16.3 Å². The molecule has 1 spiro atoms. The van der Waals surface area contributed by atoms with Crippen molar-refractivity contribution in [3.05, 3.63) is 86.9 Å². The Morgan fingerprint density at radius 1 is 1.03 bits per heavy atom. The molecule has 1 aliphatic carbocycles. The zero-order valence-corrected chi connectivity index (χ0v) is 37.6. The van der Waals surface area contributed by atoms with Gasteiger partial charge < -0.3 is 15.0 Å². The number of halogens is 3. The van der Waals surface area contributed by atoms with Crippen LogP contribution in [0.25, 0.3) is 10.9 Å². The molecule has 0 radical (unpaired) electrons. The van der Waals surface area contributed by atoms with Gasteiger partial charge in [-0.15, -0.1) is 0 Å². The molecule has 0 bridgehead atoms. The van der Waals surface area contributed by atoms with Crippen molar-refractivity contribution in [1.29, 1.82) is 5.26 Å². The fourth-order valence-corrected chi connectivity index (χ4v) is 10.8. The van der Waals surface area contributed by atoms with Crippen molar-refractivity contribution in [2.45, 2.75) is 82.7 Å². The predicted octanol–water partition coefficient (Wildman–Crippen LogP) is 6.03. The van der Waals surface area contributed by atoms with E-state index in [-0.39, 0.29) is 76.4 Å². The third-order valence-corrected chi connectivity index (χ3v) is 15.5. The number of nitrogens with zero attached hydrogens (tertiary/aromatic N) is 6. The van der Waals surface area contributed by atoms with Crippen molar-refractivity contribution < 1.29 is 36.3 Å². The Morgan fingerprint density at radius 3 is 2.48 bits per heavy atom. The number of hydrogen-bond acceptors (Lipinski definition) is 11. The standard InChI is InChI=1S/C45H50ClF2N9O7S/c1-3-54(2)65(62,63)53-34-7-6-32(47)42(31(34)24-49)64-37-10-8-35-40(41(37)46)44(61)57(26-50-35)29-12-15-45(23-29)16-20-56(21-17-45)39(59)25-55-18-13-27(14-19-55)30-5-4-28(22-33(30)48)51-36-9-11-38(58)52-43(36)60/h4-8,10,22,26-27,29,36,51,53H,3,9,11-21,23,25H2,1-2H3,(H,52,58,60). The highest BCUT2D eigenvalue weighted by atomic mass is 35.5. The van der Waals surface area contributed by atoms with Gasteiger partial charge in [-0.2, -0.15) is 18.0 Å². The molecule has 3 aromatic carbocycles. The molecule has 3 saturated heterocycles. The van der Waals surface area contributed by atoms with E-state index in [0.717, 1.165) is 42.1 Å². The molecule has 344 valence electrons. The largest absolute Gasteiger partial charge is 0.451 e. The Kier molecular flexibility index (Phi) is 13.2. The first-order valence-corrected chi connectivity index (χ1v) is 23.6. The molecule has 16 nitrogen and oxygen atoms in total. The minimum atomic E-state index is -4.06. The molecule has 3 amide bonds. The Balaban J connectivity index is 0.862. The number of benzene rings is 3. The van der Waals surface area contributed by atoms with Crippen LogP contribution in [0.1, 0.15) is 87.8 Å². The first-order valence-electron chi connectivity index (χ1n) is 21.8. The molecule has 20 heteroatoms. The zero-order valence-electron chi connectivity index (χ0n) is 36.0. The second-order valence-corrected chi connectivity index (χ2v) is 19.6. The topological polar surface area (TPSA) is 199 Å². The third-order valence-electron chi connectivity index (χ3n) is 13.6. The molecular weight excluding hydrogens is 884 g/mol. The molecule has 4 aliphatic rings. The molecule has 4 heterocycles. The summed E-state index contributed by atoms with van der Waals surface area (Å²) in [5, 5.41) is 15.2. The molecule has 2 atom stereocenters. The van der Waals surface area contributed by atoms with Crippen LogP contribution in [0.15, 0.2) is 53.6 Å². The maximum atomic E-state index is 15.3. The number of rotatable bonds is 12. The fourth-order valence-electron chi connectivity index (χ4n) is 9.63. The number of fused-ring (bicyclic) bond motifs is 1. The van der Waals surface area contributed by atoms with Gasteiger partial charge in [-0.3, -0.25) is 38.7 Å². The highest BCUT2D eigenvalue weighted by Gasteiger charge is 2.43. The van der Waals surface area contributed by atoms with Crippen molar-refractivity contribution in [3.8, 4) is 17.6 Å². The molecule has 8 rings (SSSR count). The summed E-state index contributed by atoms with van der Waals surface area (Å²) in [6.07, 6.45) is 7.36. The highest BCUT2D eigenvalue weighted by Crippen LogP contribution is 2.50. The van der Waals surface area contributed by atoms with Crippen LogP contribution in [0.4, 0.5) is 20.2 Å².